The Bertz CT molecular complexity index is 629. The Labute approximate surface area is 172 Å². The van der Waals surface area contributed by atoms with Crippen LogP contribution in [0, 0.1) is 22.2 Å². The van der Waals surface area contributed by atoms with Gasteiger partial charge in [0.15, 0.2) is 0 Å². The molecular weight excluding hydrogens is 455 g/mol. The number of alkyl halides is 3. The second-order valence-corrected chi connectivity index (χ2v) is 17.6. The van der Waals surface area contributed by atoms with Gasteiger partial charge in [0.25, 0.3) is 0 Å². The summed E-state index contributed by atoms with van der Waals surface area (Å²) >= 11 is -1.09. The predicted octanol–water partition coefficient (Wildman–Crippen LogP) is 4.18. The first-order valence-corrected chi connectivity index (χ1v) is 16.0. The minimum absolute atomic E-state index is 0.115. The number of aliphatic hydroxyl groups is 2. The molecule has 4 aliphatic carbocycles. The van der Waals surface area contributed by atoms with Gasteiger partial charge in [0.05, 0.1) is 0 Å². The maximum absolute atomic E-state index is 13.3. The Kier molecular flexibility index (Phi) is 4.90. The summed E-state index contributed by atoms with van der Waals surface area (Å²) in [5.74, 6) is 0.290. The van der Waals surface area contributed by atoms with E-state index in [4.69, 9.17) is 4.74 Å². The summed E-state index contributed by atoms with van der Waals surface area (Å²) in [6, 6.07) is 0. The van der Waals surface area contributed by atoms with Crippen LogP contribution in [0.1, 0.15) is 73.6 Å². The Morgan fingerprint density at radius 2 is 1.59 bits per heavy atom. The molecule has 4 fully saturated rings. The van der Waals surface area contributed by atoms with Gasteiger partial charge in [0.1, 0.15) is 0 Å². The van der Waals surface area contributed by atoms with Gasteiger partial charge in [0, 0.05) is 0 Å². The molecule has 158 valence electrons. The first-order valence-electron chi connectivity index (χ1n) is 10.1. The normalized spacial score (nSPS) is 39.0. The van der Waals surface area contributed by atoms with Crippen molar-refractivity contribution in [2.75, 3.05) is 14.3 Å². The van der Waals surface area contributed by atoms with E-state index in [-0.39, 0.29) is 11.4 Å². The number of hydrogen-bond donors (Lipinski definition) is 2. The standard InChI is InChI=1S/C22H39IO4/c1-17(2,14-23(7)8)16(24)27-22-11-15-9-20(13-22,18(3,4)25)12-21(22,10-15)19(5,6)26/h15,25-26H,9-14H2,1-8H3. The van der Waals surface area contributed by atoms with Crippen LogP contribution < -0.4 is 0 Å². The second kappa shape index (κ2) is 6.07. The monoisotopic (exact) mass is 494 g/mol. The van der Waals surface area contributed by atoms with Crippen LogP contribution in [0.2, 0.25) is 0 Å². The van der Waals surface area contributed by atoms with Gasteiger partial charge in [-0.15, -0.1) is 0 Å². The van der Waals surface area contributed by atoms with E-state index >= 15 is 0 Å². The Morgan fingerprint density at radius 1 is 1.00 bits per heavy atom. The van der Waals surface area contributed by atoms with E-state index < -0.39 is 47.5 Å². The Hall–Kier alpha value is 0.120. The van der Waals surface area contributed by atoms with Crippen molar-refractivity contribution in [3.63, 3.8) is 0 Å². The first kappa shape index (κ1) is 21.8. The molecule has 5 heteroatoms. The van der Waals surface area contributed by atoms with Gasteiger partial charge in [-0.2, -0.15) is 0 Å². The van der Waals surface area contributed by atoms with Gasteiger partial charge < -0.3 is 0 Å². The zero-order chi connectivity index (χ0) is 20.7. The van der Waals surface area contributed by atoms with Crippen LogP contribution in [-0.2, 0) is 9.53 Å². The third kappa shape index (κ3) is 3.09. The zero-order valence-electron chi connectivity index (χ0n) is 18.4. The fourth-order valence-corrected chi connectivity index (χ4v) is 11.0. The SMILES string of the molecule is CI(C)CC(C)(C)C(=O)OC12CC3CC(C(C)(C)O)(C1)CC2(C(C)(C)O)C3. The van der Waals surface area contributed by atoms with E-state index in [2.05, 4.69) is 9.86 Å². The topological polar surface area (TPSA) is 66.8 Å². The van der Waals surface area contributed by atoms with Crippen molar-refractivity contribution in [1.82, 2.24) is 0 Å². The summed E-state index contributed by atoms with van der Waals surface area (Å²) < 4.78 is 7.39. The Morgan fingerprint density at radius 3 is 2.07 bits per heavy atom. The molecule has 27 heavy (non-hydrogen) atoms. The van der Waals surface area contributed by atoms with Crippen LogP contribution in [0.4, 0.5) is 0 Å². The van der Waals surface area contributed by atoms with Gasteiger partial charge >= 0.3 is 172 Å². The van der Waals surface area contributed by atoms with Crippen LogP contribution in [0.25, 0.3) is 0 Å². The molecule has 4 aliphatic rings. The molecular formula is C22H39IO4. The average molecular weight is 494 g/mol. The van der Waals surface area contributed by atoms with E-state index in [1.165, 1.54) is 0 Å². The van der Waals surface area contributed by atoms with Crippen LogP contribution in [0.15, 0.2) is 0 Å². The third-order valence-corrected chi connectivity index (χ3v) is 11.4. The van der Waals surface area contributed by atoms with Crippen LogP contribution >= 0.6 is 19.8 Å². The molecule has 0 heterocycles. The van der Waals surface area contributed by atoms with Crippen molar-refractivity contribution in [2.45, 2.75) is 90.4 Å². The van der Waals surface area contributed by atoms with Crippen LogP contribution in [0.3, 0.4) is 0 Å². The molecule has 0 aliphatic heterocycles. The minimum atomic E-state index is -1.09. The molecule has 2 N–H and O–H groups in total. The van der Waals surface area contributed by atoms with Gasteiger partial charge in [0.2, 0.25) is 0 Å². The molecule has 4 atom stereocenters. The maximum atomic E-state index is 13.3. The average Bonchev–Trinajstić information content (AvgIpc) is 2.76. The zero-order valence-corrected chi connectivity index (χ0v) is 20.6. The molecule has 0 aromatic carbocycles. The van der Waals surface area contributed by atoms with E-state index in [9.17, 15) is 15.0 Å². The number of hydrogen-bond acceptors (Lipinski definition) is 4. The number of carbonyl (C=O) groups is 1. The number of esters is 1. The van der Waals surface area contributed by atoms with Gasteiger partial charge in [-0.3, -0.25) is 0 Å². The summed E-state index contributed by atoms with van der Waals surface area (Å²) in [4.78, 5) is 17.9. The van der Waals surface area contributed by atoms with Crippen molar-refractivity contribution >= 4 is 25.8 Å². The molecule has 4 unspecified atom stereocenters. The molecule has 0 aromatic heterocycles. The van der Waals surface area contributed by atoms with E-state index in [0.29, 0.717) is 12.3 Å². The van der Waals surface area contributed by atoms with E-state index in [0.717, 1.165) is 30.1 Å². The quantitative estimate of drug-likeness (QED) is 0.330. The van der Waals surface area contributed by atoms with E-state index in [1.807, 2.05) is 41.5 Å². The number of carbonyl (C=O) groups excluding carboxylic acids is 1. The molecule has 4 saturated carbocycles. The summed E-state index contributed by atoms with van der Waals surface area (Å²) in [5.41, 5.74) is -3.68. The Balaban J connectivity index is 2.01. The van der Waals surface area contributed by atoms with Gasteiger partial charge in [-0.05, 0) is 0 Å². The molecule has 0 saturated heterocycles. The van der Waals surface area contributed by atoms with Crippen molar-refractivity contribution in [3.05, 3.63) is 0 Å². The number of halogens is 1. The summed E-state index contributed by atoms with van der Waals surface area (Å²) in [6.07, 6.45) is 4.10. The van der Waals surface area contributed by atoms with Crippen LogP contribution in [-0.4, -0.2) is 47.3 Å². The number of rotatable bonds is 6. The fraction of sp³-hybridized carbons (Fsp3) is 0.955. The first-order chi connectivity index (χ1) is 12.0. The van der Waals surface area contributed by atoms with Crippen molar-refractivity contribution in [3.8, 4) is 0 Å². The number of ether oxygens (including phenoxy) is 1. The fourth-order valence-electron chi connectivity index (χ4n) is 6.83. The molecule has 4 rings (SSSR count). The summed E-state index contributed by atoms with van der Waals surface area (Å²) in [7, 11) is 0. The summed E-state index contributed by atoms with van der Waals surface area (Å²) in [6.45, 7) is 11.5. The molecule has 0 amide bonds. The summed E-state index contributed by atoms with van der Waals surface area (Å²) in [5, 5.41) is 22.3. The predicted molar refractivity (Wildman–Crippen MR) is 117 cm³/mol. The van der Waals surface area contributed by atoms with Crippen LogP contribution in [0.5, 0.6) is 0 Å². The molecule has 0 radical (unpaired) electrons. The van der Waals surface area contributed by atoms with Crippen molar-refractivity contribution in [2.24, 2.45) is 22.2 Å². The third-order valence-electron chi connectivity index (χ3n) is 7.98. The molecule has 4 nitrogen and oxygen atoms in total. The molecule has 0 spiro atoms. The van der Waals surface area contributed by atoms with Crippen molar-refractivity contribution in [1.29, 1.82) is 0 Å². The molecule has 0 aromatic rings. The van der Waals surface area contributed by atoms with Crippen molar-refractivity contribution < 1.29 is 19.7 Å². The van der Waals surface area contributed by atoms with Gasteiger partial charge in [-0.25, -0.2) is 0 Å². The van der Waals surface area contributed by atoms with E-state index in [1.54, 1.807) is 0 Å². The molecule has 4 bridgehead atoms. The van der Waals surface area contributed by atoms with Gasteiger partial charge in [-0.1, -0.05) is 0 Å². The second-order valence-electron chi connectivity index (χ2n) is 11.6.